The lowest BCUT2D eigenvalue weighted by Gasteiger charge is -2.10. The minimum absolute atomic E-state index is 0.141. The van der Waals surface area contributed by atoms with Crippen LogP contribution in [0.25, 0.3) is 21.1 Å². The molecule has 0 bridgehead atoms. The molecule has 0 aliphatic carbocycles. The quantitative estimate of drug-likeness (QED) is 0.527. The molecule has 0 aliphatic heterocycles. The Bertz CT molecular complexity index is 1030. The van der Waals surface area contributed by atoms with Crippen molar-refractivity contribution in [3.8, 4) is 0 Å². The number of nitrogens with zero attached hydrogens (tertiary/aromatic N) is 2. The number of carbonyl (C=O) groups excluding carboxylic acids is 1. The molecule has 24 heavy (non-hydrogen) atoms. The smallest absolute Gasteiger partial charge is 0.151 e. The second-order valence-electron chi connectivity index (χ2n) is 5.20. The van der Waals surface area contributed by atoms with Crippen LogP contribution in [-0.2, 0) is 5.75 Å². The van der Waals surface area contributed by atoms with Crippen molar-refractivity contribution < 1.29 is 9.90 Å². The van der Waals surface area contributed by atoms with Gasteiger partial charge in [0.05, 0.1) is 27.4 Å². The van der Waals surface area contributed by atoms with Gasteiger partial charge in [-0.1, -0.05) is 42.1 Å². The topological polar surface area (TPSA) is 65.9 Å². The Hall–Kier alpha value is -2.44. The Morgan fingerprint density at radius 3 is 2.58 bits per heavy atom. The van der Waals surface area contributed by atoms with E-state index in [2.05, 4.69) is 9.97 Å². The maximum Gasteiger partial charge on any atom is 0.151 e. The molecule has 0 saturated carbocycles. The molecule has 0 fully saturated rings. The third kappa shape index (κ3) is 2.86. The molecule has 4 rings (SSSR count). The second kappa shape index (κ2) is 6.22. The molecule has 4 nitrogen and oxygen atoms in total. The van der Waals surface area contributed by atoms with E-state index in [1.807, 2.05) is 48.5 Å². The predicted octanol–water partition coefficient (Wildman–Crippen LogP) is 3.50. The number of aromatic nitrogens is 2. The van der Waals surface area contributed by atoms with Gasteiger partial charge < -0.3 is 9.90 Å². The number of thioether (sulfide) groups is 1. The van der Waals surface area contributed by atoms with Crippen molar-refractivity contribution in [3.63, 3.8) is 0 Å². The van der Waals surface area contributed by atoms with Crippen molar-refractivity contribution in [3.05, 3.63) is 65.9 Å². The number of hydrogen-bond donors (Lipinski definition) is 0. The monoisotopic (exact) mass is 351 g/mol. The molecule has 0 radical (unpaired) electrons. The lowest BCUT2D eigenvalue weighted by Crippen LogP contribution is -2.24. The first-order chi connectivity index (χ1) is 11.7. The summed E-state index contributed by atoms with van der Waals surface area (Å²) in [4.78, 5) is 20.5. The summed E-state index contributed by atoms with van der Waals surface area (Å²) in [5.41, 5.74) is 2.39. The molecule has 0 atom stereocenters. The third-order valence-electron chi connectivity index (χ3n) is 3.63. The number of aromatic carboxylic acids is 1. The molecule has 2 heterocycles. The van der Waals surface area contributed by atoms with E-state index in [4.69, 9.17) is 0 Å². The summed E-state index contributed by atoms with van der Waals surface area (Å²) < 4.78 is 2.02. The Labute approximate surface area is 146 Å². The van der Waals surface area contributed by atoms with E-state index in [1.54, 1.807) is 17.4 Å². The maximum absolute atomic E-state index is 11.4. The highest BCUT2D eigenvalue weighted by atomic mass is 32.2. The van der Waals surface area contributed by atoms with E-state index in [-0.39, 0.29) is 5.56 Å². The van der Waals surface area contributed by atoms with Crippen LogP contribution in [0.1, 0.15) is 16.1 Å². The molecule has 0 spiro atoms. The molecule has 4 aromatic rings. The standard InChI is InChI=1S/C18H12N2O2S2/c21-17(22)12-9-11-5-1-2-6-13(11)19-15(12)10-23-18-20-14-7-3-4-8-16(14)24-18/h1-9H,10H2,(H,21,22)/p-1. The number of carboxylic acid groups (broad SMARTS) is 1. The summed E-state index contributed by atoms with van der Waals surface area (Å²) in [5.74, 6) is -0.762. The van der Waals surface area contributed by atoms with E-state index in [9.17, 15) is 9.90 Å². The van der Waals surface area contributed by atoms with Crippen molar-refractivity contribution in [2.45, 2.75) is 10.1 Å². The van der Waals surface area contributed by atoms with E-state index in [1.165, 1.54) is 11.8 Å². The third-order valence-corrected chi connectivity index (χ3v) is 5.82. The van der Waals surface area contributed by atoms with Crippen molar-refractivity contribution in [2.24, 2.45) is 0 Å². The zero-order valence-electron chi connectivity index (χ0n) is 12.4. The van der Waals surface area contributed by atoms with Crippen molar-refractivity contribution in [1.82, 2.24) is 9.97 Å². The number of carbonyl (C=O) groups is 1. The number of carboxylic acids is 1. The number of pyridine rings is 1. The highest BCUT2D eigenvalue weighted by Crippen LogP contribution is 2.32. The Kier molecular flexibility index (Phi) is 3.92. The second-order valence-corrected chi connectivity index (χ2v) is 7.45. The van der Waals surface area contributed by atoms with Crippen LogP contribution >= 0.6 is 23.1 Å². The highest BCUT2D eigenvalue weighted by Gasteiger charge is 2.10. The van der Waals surface area contributed by atoms with Gasteiger partial charge in [0.2, 0.25) is 0 Å². The van der Waals surface area contributed by atoms with Gasteiger partial charge >= 0.3 is 0 Å². The fourth-order valence-electron chi connectivity index (χ4n) is 2.49. The Morgan fingerprint density at radius 1 is 1.04 bits per heavy atom. The van der Waals surface area contributed by atoms with E-state index >= 15 is 0 Å². The fraction of sp³-hybridized carbons (Fsp3) is 0.0556. The molecule has 2 aromatic heterocycles. The molecule has 0 saturated heterocycles. The van der Waals surface area contributed by atoms with Gasteiger partial charge in [-0.05, 0) is 24.3 Å². The van der Waals surface area contributed by atoms with E-state index in [0.717, 1.165) is 25.5 Å². The summed E-state index contributed by atoms with van der Waals surface area (Å²) in [5, 5.41) is 12.2. The predicted molar refractivity (Wildman–Crippen MR) is 95.3 cm³/mol. The minimum Gasteiger partial charge on any atom is -0.545 e. The summed E-state index contributed by atoms with van der Waals surface area (Å²) in [7, 11) is 0. The van der Waals surface area contributed by atoms with Crippen molar-refractivity contribution in [2.75, 3.05) is 0 Å². The fourth-order valence-corrected chi connectivity index (χ4v) is 4.51. The minimum atomic E-state index is -1.20. The first-order valence-electron chi connectivity index (χ1n) is 7.29. The van der Waals surface area contributed by atoms with Gasteiger partial charge in [0.15, 0.2) is 4.34 Å². The summed E-state index contributed by atoms with van der Waals surface area (Å²) in [6.45, 7) is 0. The summed E-state index contributed by atoms with van der Waals surface area (Å²) in [6.07, 6.45) is 0. The average Bonchev–Trinajstić information content (AvgIpc) is 3.02. The van der Waals surface area contributed by atoms with Crippen LogP contribution in [0.15, 0.2) is 58.9 Å². The van der Waals surface area contributed by atoms with Gasteiger partial charge in [-0.15, -0.1) is 11.3 Å². The maximum atomic E-state index is 11.4. The molecule has 0 unspecified atom stereocenters. The lowest BCUT2D eigenvalue weighted by atomic mass is 10.1. The molecular formula is C18H11N2O2S2-. The van der Waals surface area contributed by atoms with Gasteiger partial charge in [0.25, 0.3) is 0 Å². The van der Waals surface area contributed by atoms with Crippen LogP contribution in [0.4, 0.5) is 0 Å². The molecule has 0 aliphatic rings. The van der Waals surface area contributed by atoms with Crippen molar-refractivity contribution in [1.29, 1.82) is 0 Å². The van der Waals surface area contributed by atoms with Gasteiger partial charge in [-0.25, -0.2) is 4.98 Å². The first kappa shape index (κ1) is 15.1. The molecule has 2 aromatic carbocycles. The number of hydrogen-bond acceptors (Lipinski definition) is 6. The number of rotatable bonds is 4. The molecule has 0 amide bonds. The normalized spacial score (nSPS) is 11.2. The lowest BCUT2D eigenvalue weighted by molar-refractivity contribution is -0.255. The van der Waals surface area contributed by atoms with Gasteiger partial charge in [0.1, 0.15) is 0 Å². The molecule has 118 valence electrons. The van der Waals surface area contributed by atoms with Crippen LogP contribution < -0.4 is 5.11 Å². The van der Waals surface area contributed by atoms with E-state index < -0.39 is 5.97 Å². The van der Waals surface area contributed by atoms with Crippen LogP contribution in [0, 0.1) is 0 Å². The Morgan fingerprint density at radius 2 is 1.79 bits per heavy atom. The summed E-state index contributed by atoms with van der Waals surface area (Å²) in [6, 6.07) is 17.0. The number of para-hydroxylation sites is 2. The van der Waals surface area contributed by atoms with Crippen LogP contribution in [0.3, 0.4) is 0 Å². The zero-order valence-corrected chi connectivity index (χ0v) is 14.1. The number of benzene rings is 2. The van der Waals surface area contributed by atoms with Crippen molar-refractivity contribution >= 4 is 50.2 Å². The van der Waals surface area contributed by atoms with E-state index in [0.29, 0.717) is 11.4 Å². The Balaban J connectivity index is 1.67. The molecule has 0 N–H and O–H groups in total. The van der Waals surface area contributed by atoms with Gasteiger partial charge in [-0.2, -0.15) is 0 Å². The number of thiazole rings is 1. The zero-order chi connectivity index (χ0) is 16.5. The highest BCUT2D eigenvalue weighted by molar-refractivity contribution is 8.00. The SMILES string of the molecule is O=C([O-])c1cc2ccccc2nc1CSc1nc2ccccc2s1. The van der Waals surface area contributed by atoms with Crippen LogP contribution in [-0.4, -0.2) is 15.9 Å². The van der Waals surface area contributed by atoms with Gasteiger partial charge in [0, 0.05) is 16.7 Å². The summed E-state index contributed by atoms with van der Waals surface area (Å²) >= 11 is 3.09. The first-order valence-corrected chi connectivity index (χ1v) is 9.09. The van der Waals surface area contributed by atoms with Gasteiger partial charge in [-0.3, -0.25) is 4.98 Å². The van der Waals surface area contributed by atoms with Crippen LogP contribution in [0.5, 0.6) is 0 Å². The average molecular weight is 351 g/mol. The largest absolute Gasteiger partial charge is 0.545 e. The molecule has 6 heteroatoms. The van der Waals surface area contributed by atoms with Crippen LogP contribution in [0.2, 0.25) is 0 Å². The molecular weight excluding hydrogens is 340 g/mol. The number of fused-ring (bicyclic) bond motifs is 2.